The number of rotatable bonds is 1. The number of nitrogens with zero attached hydrogens (tertiary/aromatic N) is 3. The van der Waals surface area contributed by atoms with Crippen molar-refractivity contribution in [2.75, 3.05) is 7.11 Å². The Morgan fingerprint density at radius 2 is 1.79 bits per heavy atom. The number of carbonyl (C=O) groups excluding carboxylic acids is 1. The number of alkyl halides is 6. The molecule has 0 aliphatic carbocycles. The molecule has 0 spiro atoms. The van der Waals surface area contributed by atoms with E-state index in [4.69, 9.17) is 11.6 Å². The van der Waals surface area contributed by atoms with Gasteiger partial charge in [0.25, 0.3) is 0 Å². The number of aromatic nitrogens is 3. The summed E-state index contributed by atoms with van der Waals surface area (Å²) < 4.78 is 80.5. The molecule has 24 heavy (non-hydrogen) atoms. The standard InChI is InChI=1S/C12H6ClF6N3O2/c1-24-10(23)22-8(12(17,18)19)3-7(21-22)9-6(13)2-5(4-20-9)11(14,15)16/h2-4H,1H3. The van der Waals surface area contributed by atoms with Gasteiger partial charge in [0.2, 0.25) is 0 Å². The second kappa shape index (κ2) is 5.96. The van der Waals surface area contributed by atoms with E-state index in [1.807, 2.05) is 0 Å². The van der Waals surface area contributed by atoms with Gasteiger partial charge in [0.1, 0.15) is 11.4 Å². The summed E-state index contributed by atoms with van der Waals surface area (Å²) in [6, 6.07) is 0.923. The molecule has 0 amide bonds. The number of ether oxygens (including phenoxy) is 1. The maximum atomic E-state index is 12.9. The van der Waals surface area contributed by atoms with Crippen LogP contribution in [0.15, 0.2) is 18.3 Å². The van der Waals surface area contributed by atoms with Gasteiger partial charge < -0.3 is 4.74 Å². The first-order chi connectivity index (χ1) is 10.9. The van der Waals surface area contributed by atoms with E-state index in [2.05, 4.69) is 14.8 Å². The minimum absolute atomic E-state index is 0.0784. The molecular formula is C12H6ClF6N3O2. The molecule has 0 N–H and O–H groups in total. The second-order valence-corrected chi connectivity index (χ2v) is 4.75. The molecule has 0 saturated carbocycles. The van der Waals surface area contributed by atoms with E-state index < -0.39 is 46.1 Å². The minimum Gasteiger partial charge on any atom is -0.451 e. The van der Waals surface area contributed by atoms with Crippen molar-refractivity contribution >= 4 is 17.7 Å². The van der Waals surface area contributed by atoms with Crippen molar-refractivity contribution in [3.63, 3.8) is 0 Å². The lowest BCUT2D eigenvalue weighted by atomic mass is 10.2. The first-order valence-electron chi connectivity index (χ1n) is 5.94. The van der Waals surface area contributed by atoms with Crippen LogP contribution in [0.5, 0.6) is 0 Å². The molecular weight excluding hydrogens is 368 g/mol. The molecule has 5 nitrogen and oxygen atoms in total. The third-order valence-electron chi connectivity index (χ3n) is 2.76. The molecule has 0 atom stereocenters. The Kier molecular flexibility index (Phi) is 4.48. The van der Waals surface area contributed by atoms with E-state index >= 15 is 0 Å². The Balaban J connectivity index is 2.58. The predicted molar refractivity (Wildman–Crippen MR) is 68.3 cm³/mol. The largest absolute Gasteiger partial charge is 0.451 e. The Hall–Kier alpha value is -2.30. The molecule has 0 aliphatic rings. The second-order valence-electron chi connectivity index (χ2n) is 4.35. The van der Waals surface area contributed by atoms with Crippen molar-refractivity contribution in [2.24, 2.45) is 0 Å². The highest BCUT2D eigenvalue weighted by atomic mass is 35.5. The fourth-order valence-electron chi connectivity index (χ4n) is 1.71. The van der Waals surface area contributed by atoms with Crippen LogP contribution in [0, 0.1) is 0 Å². The summed E-state index contributed by atoms with van der Waals surface area (Å²) in [5, 5.41) is 2.79. The fraction of sp³-hybridized carbons (Fsp3) is 0.250. The van der Waals surface area contributed by atoms with Gasteiger partial charge in [-0.3, -0.25) is 4.98 Å². The number of hydrogen-bond donors (Lipinski definition) is 0. The smallest absolute Gasteiger partial charge is 0.434 e. The lowest BCUT2D eigenvalue weighted by Crippen LogP contribution is -2.21. The molecule has 0 fully saturated rings. The van der Waals surface area contributed by atoms with Gasteiger partial charge in [-0.25, -0.2) is 4.79 Å². The normalized spacial score (nSPS) is 12.3. The summed E-state index contributed by atoms with van der Waals surface area (Å²) in [6.07, 6.45) is -10.7. The van der Waals surface area contributed by atoms with Crippen LogP contribution < -0.4 is 0 Å². The van der Waals surface area contributed by atoms with Crippen LogP contribution >= 0.6 is 11.6 Å². The summed E-state index contributed by atoms with van der Waals surface area (Å²) in [5.74, 6) is 0. The lowest BCUT2D eigenvalue weighted by Gasteiger charge is -2.07. The Morgan fingerprint density at radius 1 is 1.17 bits per heavy atom. The van der Waals surface area contributed by atoms with Crippen LogP contribution in [0.25, 0.3) is 11.4 Å². The first kappa shape index (κ1) is 18.0. The average Bonchev–Trinajstić information content (AvgIpc) is 2.90. The molecule has 2 rings (SSSR count). The van der Waals surface area contributed by atoms with E-state index in [1.165, 1.54) is 0 Å². The van der Waals surface area contributed by atoms with E-state index in [1.54, 1.807) is 0 Å². The zero-order chi connectivity index (χ0) is 18.3. The highest BCUT2D eigenvalue weighted by Crippen LogP contribution is 2.36. The van der Waals surface area contributed by atoms with Crippen molar-refractivity contribution < 1.29 is 35.9 Å². The van der Waals surface area contributed by atoms with Gasteiger partial charge in [-0.2, -0.15) is 36.1 Å². The minimum atomic E-state index is -4.96. The van der Waals surface area contributed by atoms with E-state index in [0.717, 1.165) is 7.11 Å². The van der Waals surface area contributed by atoms with Crippen molar-refractivity contribution in [3.05, 3.63) is 34.6 Å². The van der Waals surface area contributed by atoms with Crippen LogP contribution in [0.1, 0.15) is 11.3 Å². The Bertz CT molecular complexity index is 784. The quantitative estimate of drug-likeness (QED) is 0.701. The first-order valence-corrected chi connectivity index (χ1v) is 6.31. The predicted octanol–water partition coefficient (Wildman–Crippen LogP) is 4.25. The number of halogens is 7. The molecule has 2 aromatic rings. The molecule has 0 bridgehead atoms. The molecule has 0 aromatic carbocycles. The average molecular weight is 374 g/mol. The summed E-state index contributed by atoms with van der Waals surface area (Å²) in [6.45, 7) is 0. The summed E-state index contributed by atoms with van der Waals surface area (Å²) >= 11 is 5.65. The number of pyridine rings is 1. The summed E-state index contributed by atoms with van der Waals surface area (Å²) in [4.78, 5) is 14.8. The van der Waals surface area contributed by atoms with E-state index in [-0.39, 0.29) is 4.68 Å². The lowest BCUT2D eigenvalue weighted by molar-refractivity contribution is -0.143. The third kappa shape index (κ3) is 3.45. The maximum absolute atomic E-state index is 12.9. The molecule has 0 radical (unpaired) electrons. The van der Waals surface area contributed by atoms with Gasteiger partial charge in [0.05, 0.1) is 17.7 Å². The van der Waals surface area contributed by atoms with Crippen LogP contribution in [0.3, 0.4) is 0 Å². The zero-order valence-corrected chi connectivity index (χ0v) is 12.3. The molecule has 0 aliphatic heterocycles. The molecule has 2 aromatic heterocycles. The third-order valence-corrected chi connectivity index (χ3v) is 3.05. The summed E-state index contributed by atoms with van der Waals surface area (Å²) in [5.41, 5.74) is -3.65. The van der Waals surface area contributed by atoms with Crippen molar-refractivity contribution in [2.45, 2.75) is 12.4 Å². The maximum Gasteiger partial charge on any atom is 0.434 e. The Morgan fingerprint density at radius 3 is 2.25 bits per heavy atom. The van der Waals surface area contributed by atoms with Gasteiger partial charge in [0, 0.05) is 6.20 Å². The summed E-state index contributed by atoms with van der Waals surface area (Å²) in [7, 11) is 0.840. The zero-order valence-electron chi connectivity index (χ0n) is 11.5. The van der Waals surface area contributed by atoms with Crippen molar-refractivity contribution in [1.82, 2.24) is 14.8 Å². The van der Waals surface area contributed by atoms with Crippen molar-refractivity contribution in [3.8, 4) is 11.4 Å². The van der Waals surface area contributed by atoms with Gasteiger partial charge >= 0.3 is 18.4 Å². The number of hydrogen-bond acceptors (Lipinski definition) is 4. The number of methoxy groups -OCH3 is 1. The van der Waals surface area contributed by atoms with Crippen LogP contribution in [0.4, 0.5) is 31.1 Å². The van der Waals surface area contributed by atoms with Crippen LogP contribution in [0.2, 0.25) is 5.02 Å². The fourth-order valence-corrected chi connectivity index (χ4v) is 1.97. The van der Waals surface area contributed by atoms with Crippen molar-refractivity contribution in [1.29, 1.82) is 0 Å². The Labute approximate surface area is 134 Å². The van der Waals surface area contributed by atoms with Crippen LogP contribution in [-0.2, 0) is 17.1 Å². The van der Waals surface area contributed by atoms with Gasteiger partial charge in [-0.05, 0) is 12.1 Å². The monoisotopic (exact) mass is 373 g/mol. The molecule has 0 unspecified atom stereocenters. The molecule has 2 heterocycles. The van der Waals surface area contributed by atoms with E-state index in [9.17, 15) is 31.1 Å². The topological polar surface area (TPSA) is 57.0 Å². The molecule has 12 heteroatoms. The molecule has 130 valence electrons. The van der Waals surface area contributed by atoms with Gasteiger partial charge in [-0.15, -0.1) is 0 Å². The van der Waals surface area contributed by atoms with Crippen LogP contribution in [-0.4, -0.2) is 28.0 Å². The number of carbonyl (C=O) groups is 1. The van der Waals surface area contributed by atoms with E-state index in [0.29, 0.717) is 18.3 Å². The highest BCUT2D eigenvalue weighted by molar-refractivity contribution is 6.33. The SMILES string of the molecule is COC(=O)n1nc(-c2ncc(C(F)(F)F)cc2Cl)cc1C(F)(F)F. The van der Waals surface area contributed by atoms with Gasteiger partial charge in [-0.1, -0.05) is 11.6 Å². The van der Waals surface area contributed by atoms with Gasteiger partial charge in [0.15, 0.2) is 5.69 Å². The highest BCUT2D eigenvalue weighted by Gasteiger charge is 2.39. The molecule has 0 saturated heterocycles.